The molecule has 2 aromatic carbocycles. The molecule has 0 unspecified atom stereocenters. The van der Waals surface area contributed by atoms with Gasteiger partial charge in [0.1, 0.15) is 5.75 Å². The number of hydrogen-bond donors (Lipinski definition) is 1. The summed E-state index contributed by atoms with van der Waals surface area (Å²) in [6.45, 7) is 2.08. The predicted molar refractivity (Wildman–Crippen MR) is 78.3 cm³/mol. The second-order valence-corrected chi connectivity index (χ2v) is 4.82. The number of phenols is 1. The first-order chi connectivity index (χ1) is 9.63. The number of nitriles is 1. The summed E-state index contributed by atoms with van der Waals surface area (Å²) in [5.74, 6) is 0.831. The van der Waals surface area contributed by atoms with Gasteiger partial charge < -0.3 is 9.84 Å². The summed E-state index contributed by atoms with van der Waals surface area (Å²) in [5.41, 5.74) is 1.52. The fourth-order valence-electron chi connectivity index (χ4n) is 1.87. The molecule has 0 aliphatic carbocycles. The highest BCUT2D eigenvalue weighted by molar-refractivity contribution is 6.32. The molecule has 0 bridgehead atoms. The van der Waals surface area contributed by atoms with Crippen LogP contribution >= 0.6 is 11.6 Å². The van der Waals surface area contributed by atoms with Crippen molar-refractivity contribution in [1.29, 1.82) is 5.26 Å². The van der Waals surface area contributed by atoms with Crippen molar-refractivity contribution in [1.82, 2.24) is 0 Å². The van der Waals surface area contributed by atoms with Gasteiger partial charge in [0.05, 0.1) is 16.7 Å². The molecule has 0 fully saturated rings. The number of aromatic hydroxyl groups is 1. The molecule has 0 aromatic heterocycles. The van der Waals surface area contributed by atoms with Gasteiger partial charge in [-0.3, -0.25) is 0 Å². The molecule has 0 spiro atoms. The summed E-state index contributed by atoms with van der Waals surface area (Å²) in [7, 11) is 0. The van der Waals surface area contributed by atoms with E-state index in [0.717, 1.165) is 18.4 Å². The lowest BCUT2D eigenvalue weighted by atomic mass is 10.1. The lowest BCUT2D eigenvalue weighted by Crippen LogP contribution is -1.89. The van der Waals surface area contributed by atoms with Gasteiger partial charge >= 0.3 is 0 Å². The van der Waals surface area contributed by atoms with E-state index in [-0.39, 0.29) is 5.75 Å². The Balaban J connectivity index is 2.24. The highest BCUT2D eigenvalue weighted by Crippen LogP contribution is 2.35. The van der Waals surface area contributed by atoms with Crippen LogP contribution in [0.2, 0.25) is 5.02 Å². The molecule has 0 heterocycles. The van der Waals surface area contributed by atoms with Gasteiger partial charge in [0, 0.05) is 0 Å². The normalized spacial score (nSPS) is 10.1. The SMILES string of the molecule is CCCc1ccc(Oc2ccc(C#N)cc2Cl)c(O)c1. The molecule has 3 nitrogen and oxygen atoms in total. The number of halogens is 1. The van der Waals surface area contributed by atoms with Gasteiger partial charge in [-0.2, -0.15) is 5.26 Å². The Bertz CT molecular complexity index is 662. The highest BCUT2D eigenvalue weighted by Gasteiger charge is 2.08. The Kier molecular flexibility index (Phi) is 4.49. The van der Waals surface area contributed by atoms with Crippen LogP contribution in [0.4, 0.5) is 0 Å². The number of benzene rings is 2. The first-order valence-electron chi connectivity index (χ1n) is 6.33. The van der Waals surface area contributed by atoms with Crippen LogP contribution in [0, 0.1) is 11.3 Å². The molecule has 102 valence electrons. The molecule has 20 heavy (non-hydrogen) atoms. The maximum atomic E-state index is 9.95. The standard InChI is InChI=1S/C16H14ClNO2/c1-2-3-11-4-7-16(14(19)9-11)20-15-6-5-12(10-18)8-13(15)17/h4-9,19H,2-3H2,1H3. The van der Waals surface area contributed by atoms with Crippen molar-refractivity contribution in [3.8, 4) is 23.3 Å². The number of rotatable bonds is 4. The van der Waals surface area contributed by atoms with Crippen molar-refractivity contribution >= 4 is 11.6 Å². The smallest absolute Gasteiger partial charge is 0.169 e. The average Bonchev–Trinajstić information content (AvgIpc) is 2.44. The van der Waals surface area contributed by atoms with E-state index in [1.54, 1.807) is 24.3 Å². The fraction of sp³-hybridized carbons (Fsp3) is 0.188. The molecule has 0 atom stereocenters. The van der Waals surface area contributed by atoms with E-state index in [2.05, 4.69) is 6.92 Å². The summed E-state index contributed by atoms with van der Waals surface area (Å²) >= 11 is 6.03. The minimum Gasteiger partial charge on any atom is -0.504 e. The van der Waals surface area contributed by atoms with Crippen LogP contribution in [0.1, 0.15) is 24.5 Å². The third kappa shape index (κ3) is 3.23. The third-order valence-electron chi connectivity index (χ3n) is 2.84. The maximum Gasteiger partial charge on any atom is 0.169 e. The van der Waals surface area contributed by atoms with E-state index in [4.69, 9.17) is 21.6 Å². The lowest BCUT2D eigenvalue weighted by Gasteiger charge is -2.10. The van der Waals surface area contributed by atoms with Crippen LogP contribution in [0.3, 0.4) is 0 Å². The minimum absolute atomic E-state index is 0.0800. The Morgan fingerprint density at radius 1 is 1.20 bits per heavy atom. The van der Waals surface area contributed by atoms with Crippen LogP contribution in [-0.4, -0.2) is 5.11 Å². The van der Waals surface area contributed by atoms with E-state index in [1.807, 2.05) is 12.1 Å². The van der Waals surface area contributed by atoms with Gasteiger partial charge in [0.2, 0.25) is 0 Å². The average molecular weight is 288 g/mol. The number of ether oxygens (including phenoxy) is 1. The summed E-state index contributed by atoms with van der Waals surface area (Å²) in [4.78, 5) is 0. The van der Waals surface area contributed by atoms with Gasteiger partial charge in [-0.05, 0) is 42.3 Å². The number of hydrogen-bond acceptors (Lipinski definition) is 3. The van der Waals surface area contributed by atoms with E-state index in [1.165, 1.54) is 6.07 Å². The van der Waals surface area contributed by atoms with Gasteiger partial charge in [-0.25, -0.2) is 0 Å². The van der Waals surface area contributed by atoms with Crippen LogP contribution in [0.5, 0.6) is 17.2 Å². The zero-order chi connectivity index (χ0) is 14.5. The first kappa shape index (κ1) is 14.2. The largest absolute Gasteiger partial charge is 0.504 e. The van der Waals surface area contributed by atoms with Crippen LogP contribution in [0.25, 0.3) is 0 Å². The summed E-state index contributed by atoms with van der Waals surface area (Å²) in [6, 6.07) is 12.1. The molecule has 0 radical (unpaired) electrons. The summed E-state index contributed by atoms with van der Waals surface area (Å²) < 4.78 is 5.58. The monoisotopic (exact) mass is 287 g/mol. The Morgan fingerprint density at radius 3 is 2.55 bits per heavy atom. The van der Waals surface area contributed by atoms with Crippen molar-refractivity contribution in [3.63, 3.8) is 0 Å². The van der Waals surface area contributed by atoms with E-state index < -0.39 is 0 Å². The summed E-state index contributed by atoms with van der Waals surface area (Å²) in [6.07, 6.45) is 1.92. The van der Waals surface area contributed by atoms with E-state index in [0.29, 0.717) is 22.1 Å². The van der Waals surface area contributed by atoms with Gasteiger partial charge in [0.25, 0.3) is 0 Å². The molecular weight excluding hydrogens is 274 g/mol. The molecule has 0 saturated heterocycles. The van der Waals surface area contributed by atoms with Gasteiger partial charge in [-0.15, -0.1) is 0 Å². The predicted octanol–water partition coefficient (Wildman–Crippen LogP) is 4.66. The molecule has 0 aliphatic rings. The minimum atomic E-state index is 0.0800. The molecule has 0 saturated carbocycles. The van der Waals surface area contributed by atoms with Crippen molar-refractivity contribution in [2.75, 3.05) is 0 Å². The number of aryl methyl sites for hydroxylation is 1. The molecule has 0 aliphatic heterocycles. The zero-order valence-corrected chi connectivity index (χ0v) is 11.8. The Morgan fingerprint density at radius 2 is 1.95 bits per heavy atom. The van der Waals surface area contributed by atoms with Gasteiger partial charge in [-0.1, -0.05) is 31.0 Å². The summed E-state index contributed by atoms with van der Waals surface area (Å²) in [5, 5.41) is 19.1. The fourth-order valence-corrected chi connectivity index (χ4v) is 2.08. The second-order valence-electron chi connectivity index (χ2n) is 4.41. The Hall–Kier alpha value is -2.18. The van der Waals surface area contributed by atoms with Crippen molar-refractivity contribution in [2.24, 2.45) is 0 Å². The van der Waals surface area contributed by atoms with Crippen molar-refractivity contribution < 1.29 is 9.84 Å². The second kappa shape index (κ2) is 6.31. The van der Waals surface area contributed by atoms with Crippen LogP contribution in [0.15, 0.2) is 36.4 Å². The van der Waals surface area contributed by atoms with Crippen LogP contribution < -0.4 is 4.74 Å². The number of nitrogens with zero attached hydrogens (tertiary/aromatic N) is 1. The van der Waals surface area contributed by atoms with Crippen LogP contribution in [-0.2, 0) is 6.42 Å². The zero-order valence-electron chi connectivity index (χ0n) is 11.1. The lowest BCUT2D eigenvalue weighted by molar-refractivity contribution is 0.411. The molecular formula is C16H14ClNO2. The molecule has 2 rings (SSSR count). The number of phenolic OH excluding ortho intramolecular Hbond substituents is 1. The maximum absolute atomic E-state index is 9.95. The highest BCUT2D eigenvalue weighted by atomic mass is 35.5. The topological polar surface area (TPSA) is 53.2 Å². The van der Waals surface area contributed by atoms with Crippen molar-refractivity contribution in [2.45, 2.75) is 19.8 Å². The third-order valence-corrected chi connectivity index (χ3v) is 3.14. The molecule has 0 amide bonds. The van der Waals surface area contributed by atoms with Gasteiger partial charge in [0.15, 0.2) is 11.5 Å². The van der Waals surface area contributed by atoms with Crippen molar-refractivity contribution in [3.05, 3.63) is 52.5 Å². The quantitative estimate of drug-likeness (QED) is 0.889. The Labute approximate surface area is 123 Å². The first-order valence-corrected chi connectivity index (χ1v) is 6.71. The molecule has 1 N–H and O–H groups in total. The molecule has 2 aromatic rings. The van der Waals surface area contributed by atoms with E-state index in [9.17, 15) is 5.11 Å². The van der Waals surface area contributed by atoms with E-state index >= 15 is 0 Å². The molecule has 4 heteroatoms.